The Kier molecular flexibility index (Phi) is 2.64. The van der Waals surface area contributed by atoms with Crippen LogP contribution >= 0.6 is 0 Å². The highest BCUT2D eigenvalue weighted by molar-refractivity contribution is 5.20. The Morgan fingerprint density at radius 3 is 1.82 bits per heavy atom. The fraction of sp³-hybridized carbons (Fsp3) is 0.933. The second-order valence-corrected chi connectivity index (χ2v) is 7.49. The van der Waals surface area contributed by atoms with Gasteiger partial charge in [0.25, 0.3) is 0 Å². The lowest BCUT2D eigenvalue weighted by Gasteiger charge is -2.50. The maximum Gasteiger partial charge on any atom is 0.0863 e. The Morgan fingerprint density at radius 1 is 1.00 bits per heavy atom. The van der Waals surface area contributed by atoms with Gasteiger partial charge in [0, 0.05) is 0 Å². The SMILES string of the molecule is CC1(C)CCC(C#N)(C(C)(O)C2(C)CC2)CC1. The maximum atomic E-state index is 10.9. The van der Waals surface area contributed by atoms with Gasteiger partial charge >= 0.3 is 0 Å². The molecule has 2 heteroatoms. The molecule has 2 fully saturated rings. The molecule has 0 aliphatic heterocycles. The standard InChI is InChI=1S/C15H25NO/c1-12(2)5-9-15(11-16,10-6-12)14(4,17)13(3)7-8-13/h17H,5-10H2,1-4H3. The van der Waals surface area contributed by atoms with E-state index in [0.29, 0.717) is 5.41 Å². The van der Waals surface area contributed by atoms with Gasteiger partial charge in [0.1, 0.15) is 0 Å². The van der Waals surface area contributed by atoms with Gasteiger partial charge in [-0.25, -0.2) is 0 Å². The van der Waals surface area contributed by atoms with Crippen LogP contribution in [0.3, 0.4) is 0 Å². The van der Waals surface area contributed by atoms with Crippen molar-refractivity contribution in [3.63, 3.8) is 0 Å². The summed E-state index contributed by atoms with van der Waals surface area (Å²) in [5.74, 6) is 0. The molecule has 2 saturated carbocycles. The van der Waals surface area contributed by atoms with Gasteiger partial charge in [-0.1, -0.05) is 20.8 Å². The third kappa shape index (κ3) is 1.80. The normalized spacial score (nSPS) is 32.2. The first-order chi connectivity index (χ1) is 7.68. The molecule has 17 heavy (non-hydrogen) atoms. The van der Waals surface area contributed by atoms with Gasteiger partial charge in [-0.3, -0.25) is 0 Å². The lowest BCUT2D eigenvalue weighted by molar-refractivity contribution is -0.117. The summed E-state index contributed by atoms with van der Waals surface area (Å²) in [6.45, 7) is 8.57. The number of hydrogen-bond acceptors (Lipinski definition) is 2. The molecule has 0 bridgehead atoms. The Hall–Kier alpha value is -0.550. The number of aliphatic hydroxyl groups is 1. The maximum absolute atomic E-state index is 10.9. The molecular formula is C15H25NO. The molecule has 1 unspecified atom stereocenters. The molecule has 0 aromatic carbocycles. The van der Waals surface area contributed by atoms with Crippen molar-refractivity contribution in [2.75, 3.05) is 0 Å². The zero-order valence-electron chi connectivity index (χ0n) is 11.6. The topological polar surface area (TPSA) is 44.0 Å². The van der Waals surface area contributed by atoms with Gasteiger partial charge in [-0.05, 0) is 56.3 Å². The van der Waals surface area contributed by atoms with Crippen LogP contribution in [0.2, 0.25) is 0 Å². The van der Waals surface area contributed by atoms with Crippen molar-refractivity contribution in [1.82, 2.24) is 0 Å². The predicted octanol–water partition coefficient (Wildman–Crippen LogP) is 3.65. The Balaban J connectivity index is 2.25. The highest BCUT2D eigenvalue weighted by Crippen LogP contribution is 2.63. The second-order valence-electron chi connectivity index (χ2n) is 7.49. The molecule has 2 rings (SSSR count). The van der Waals surface area contributed by atoms with E-state index in [0.717, 1.165) is 38.5 Å². The minimum absolute atomic E-state index is 0.0236. The zero-order chi connectivity index (χ0) is 12.9. The van der Waals surface area contributed by atoms with Gasteiger partial charge in [0.05, 0.1) is 17.1 Å². The molecule has 0 radical (unpaired) electrons. The minimum Gasteiger partial charge on any atom is -0.388 e. The van der Waals surface area contributed by atoms with Crippen LogP contribution in [0.25, 0.3) is 0 Å². The van der Waals surface area contributed by atoms with Crippen LogP contribution in [0.4, 0.5) is 0 Å². The average molecular weight is 235 g/mol. The van der Waals surface area contributed by atoms with E-state index in [1.54, 1.807) is 0 Å². The largest absolute Gasteiger partial charge is 0.388 e. The molecule has 2 aliphatic rings. The van der Waals surface area contributed by atoms with E-state index >= 15 is 0 Å². The zero-order valence-corrected chi connectivity index (χ0v) is 11.6. The van der Waals surface area contributed by atoms with Crippen molar-refractivity contribution in [2.24, 2.45) is 16.2 Å². The van der Waals surface area contributed by atoms with Gasteiger partial charge in [0.15, 0.2) is 0 Å². The van der Waals surface area contributed by atoms with Crippen molar-refractivity contribution in [2.45, 2.75) is 71.8 Å². The van der Waals surface area contributed by atoms with Crippen molar-refractivity contribution in [1.29, 1.82) is 5.26 Å². The van der Waals surface area contributed by atoms with Crippen molar-refractivity contribution < 1.29 is 5.11 Å². The Bertz CT molecular complexity index is 348. The Labute approximate surface area is 105 Å². The van der Waals surface area contributed by atoms with E-state index in [-0.39, 0.29) is 5.41 Å². The third-order valence-electron chi connectivity index (χ3n) is 5.78. The van der Waals surface area contributed by atoms with E-state index in [9.17, 15) is 10.4 Å². The first-order valence-electron chi connectivity index (χ1n) is 6.82. The van der Waals surface area contributed by atoms with Crippen LogP contribution in [0, 0.1) is 27.6 Å². The van der Waals surface area contributed by atoms with Gasteiger partial charge in [-0.15, -0.1) is 0 Å². The number of nitrogens with zero attached hydrogens (tertiary/aromatic N) is 1. The quantitative estimate of drug-likeness (QED) is 0.794. The van der Waals surface area contributed by atoms with Gasteiger partial charge < -0.3 is 5.11 Å². The van der Waals surface area contributed by atoms with Crippen LogP contribution in [0.1, 0.15) is 66.2 Å². The molecule has 0 heterocycles. The van der Waals surface area contributed by atoms with Crippen LogP contribution in [0.15, 0.2) is 0 Å². The van der Waals surface area contributed by atoms with Crippen LogP contribution in [0.5, 0.6) is 0 Å². The first-order valence-corrected chi connectivity index (χ1v) is 6.82. The summed E-state index contributed by atoms with van der Waals surface area (Å²) < 4.78 is 0. The van der Waals surface area contributed by atoms with Crippen molar-refractivity contribution in [3.05, 3.63) is 0 Å². The van der Waals surface area contributed by atoms with Crippen LogP contribution in [-0.2, 0) is 0 Å². The molecule has 96 valence electrons. The molecule has 0 aromatic rings. The summed E-state index contributed by atoms with van der Waals surface area (Å²) in [6, 6.07) is 2.49. The number of rotatable bonds is 2. The first kappa shape index (κ1) is 12.9. The molecule has 1 N–H and O–H groups in total. The molecular weight excluding hydrogens is 210 g/mol. The van der Waals surface area contributed by atoms with Crippen molar-refractivity contribution >= 4 is 0 Å². The minimum atomic E-state index is -0.828. The molecule has 1 atom stereocenters. The third-order valence-corrected chi connectivity index (χ3v) is 5.78. The fourth-order valence-electron chi connectivity index (χ4n) is 3.31. The highest BCUT2D eigenvalue weighted by Gasteiger charge is 2.63. The fourth-order valence-corrected chi connectivity index (χ4v) is 3.31. The summed E-state index contributed by atoms with van der Waals surface area (Å²) in [7, 11) is 0. The molecule has 2 aliphatic carbocycles. The van der Waals surface area contributed by atoms with Crippen LogP contribution in [-0.4, -0.2) is 10.7 Å². The van der Waals surface area contributed by atoms with Gasteiger partial charge in [-0.2, -0.15) is 5.26 Å². The summed E-state index contributed by atoms with van der Waals surface area (Å²) in [6.07, 6.45) is 5.91. The lowest BCUT2D eigenvalue weighted by Crippen LogP contribution is -2.53. The predicted molar refractivity (Wildman–Crippen MR) is 68.3 cm³/mol. The molecule has 0 saturated heterocycles. The molecule has 0 aromatic heterocycles. The van der Waals surface area contributed by atoms with E-state index in [4.69, 9.17) is 0 Å². The monoisotopic (exact) mass is 235 g/mol. The smallest absolute Gasteiger partial charge is 0.0863 e. The van der Waals surface area contributed by atoms with Crippen molar-refractivity contribution in [3.8, 4) is 6.07 Å². The van der Waals surface area contributed by atoms with Gasteiger partial charge in [0.2, 0.25) is 0 Å². The molecule has 2 nitrogen and oxygen atoms in total. The van der Waals surface area contributed by atoms with Crippen LogP contribution < -0.4 is 0 Å². The lowest BCUT2D eigenvalue weighted by atomic mass is 9.56. The Morgan fingerprint density at radius 2 is 1.47 bits per heavy atom. The average Bonchev–Trinajstić information content (AvgIpc) is 2.98. The van der Waals surface area contributed by atoms with E-state index in [1.807, 2.05) is 6.92 Å². The highest BCUT2D eigenvalue weighted by atomic mass is 16.3. The van der Waals surface area contributed by atoms with E-state index < -0.39 is 11.0 Å². The second kappa shape index (κ2) is 3.48. The number of nitriles is 1. The summed E-state index contributed by atoms with van der Waals surface area (Å²) in [4.78, 5) is 0. The van der Waals surface area contributed by atoms with E-state index in [1.165, 1.54) is 0 Å². The summed E-state index contributed by atoms with van der Waals surface area (Å²) in [5, 5.41) is 20.6. The van der Waals surface area contributed by atoms with E-state index in [2.05, 4.69) is 26.8 Å². The summed E-state index contributed by atoms with van der Waals surface area (Å²) in [5.41, 5.74) is -1.04. The number of hydrogen-bond donors (Lipinski definition) is 1. The molecule has 0 amide bonds. The summed E-state index contributed by atoms with van der Waals surface area (Å²) >= 11 is 0. The molecule has 0 spiro atoms.